The Morgan fingerprint density at radius 1 is 1.26 bits per heavy atom. The lowest BCUT2D eigenvalue weighted by atomic mass is 10.1. The van der Waals surface area contributed by atoms with E-state index in [1.54, 1.807) is 6.07 Å². The number of hydrogen-bond acceptors (Lipinski definition) is 3. The lowest BCUT2D eigenvalue weighted by Crippen LogP contribution is -2.29. The third kappa shape index (κ3) is 5.48. The van der Waals surface area contributed by atoms with E-state index in [0.717, 1.165) is 0 Å². The molecule has 108 valence electrons. The molecule has 0 amide bonds. The van der Waals surface area contributed by atoms with E-state index in [0.29, 0.717) is 18.0 Å². The molecule has 19 heavy (non-hydrogen) atoms. The molecule has 1 aromatic rings. The number of ether oxygens (including phenoxy) is 1. The monoisotopic (exact) mass is 277 g/mol. The van der Waals surface area contributed by atoms with Crippen LogP contribution in [0.1, 0.15) is 25.5 Å². The van der Waals surface area contributed by atoms with Crippen LogP contribution in [0, 0.1) is 5.92 Å². The van der Waals surface area contributed by atoms with E-state index >= 15 is 0 Å². The molecule has 0 saturated carbocycles. The van der Waals surface area contributed by atoms with Gasteiger partial charge in [0.2, 0.25) is 0 Å². The Bertz CT molecular complexity index is 394. The normalized spacial score (nSPS) is 13.6. The van der Waals surface area contributed by atoms with Gasteiger partial charge in [0.25, 0.3) is 0 Å². The highest BCUT2D eigenvalue weighted by Gasteiger charge is 2.32. The van der Waals surface area contributed by atoms with Gasteiger partial charge in [-0.2, -0.15) is 0 Å². The molecule has 1 aromatic carbocycles. The lowest BCUT2D eigenvalue weighted by Gasteiger charge is -2.21. The minimum atomic E-state index is -4.74. The van der Waals surface area contributed by atoms with Crippen molar-refractivity contribution in [3.8, 4) is 5.75 Å². The molecule has 0 aliphatic rings. The number of para-hydroxylation sites is 1. The van der Waals surface area contributed by atoms with Crippen LogP contribution in [0.3, 0.4) is 0 Å². The maximum absolute atomic E-state index is 12.3. The zero-order valence-electron chi connectivity index (χ0n) is 10.9. The fourth-order valence-electron chi connectivity index (χ4n) is 1.64. The number of benzene rings is 1. The number of aliphatic hydroxyl groups is 1. The van der Waals surface area contributed by atoms with Crippen molar-refractivity contribution in [2.24, 2.45) is 5.92 Å². The van der Waals surface area contributed by atoms with Crippen LogP contribution in [0.25, 0.3) is 0 Å². The Balaban J connectivity index is 2.90. The summed E-state index contributed by atoms with van der Waals surface area (Å²) in [4.78, 5) is 0. The molecule has 0 spiro atoms. The fourth-order valence-corrected chi connectivity index (χ4v) is 1.64. The molecule has 0 fully saturated rings. The van der Waals surface area contributed by atoms with E-state index in [2.05, 4.69) is 10.1 Å². The summed E-state index contributed by atoms with van der Waals surface area (Å²) in [6, 6.07) is 5.23. The smallest absolute Gasteiger partial charge is 0.405 e. The number of alkyl halides is 3. The van der Waals surface area contributed by atoms with Gasteiger partial charge in [0.1, 0.15) is 5.75 Å². The van der Waals surface area contributed by atoms with Gasteiger partial charge < -0.3 is 15.2 Å². The van der Waals surface area contributed by atoms with Gasteiger partial charge in [0, 0.05) is 5.56 Å². The van der Waals surface area contributed by atoms with Crippen LogP contribution < -0.4 is 10.1 Å². The van der Waals surface area contributed by atoms with Crippen molar-refractivity contribution in [3.05, 3.63) is 29.8 Å². The topological polar surface area (TPSA) is 41.5 Å². The highest BCUT2D eigenvalue weighted by Crippen LogP contribution is 2.30. The van der Waals surface area contributed by atoms with Crippen LogP contribution in [0.2, 0.25) is 0 Å². The molecule has 0 aliphatic carbocycles. The second-order valence-electron chi connectivity index (χ2n) is 4.62. The standard InChI is InChI=1S/C13H18F3NO2/c1-9(2)7-17-11(8-18)10-5-3-4-6-12(10)19-13(14,15)16/h3-6,9,11,17-18H,7-8H2,1-2H3. The number of halogens is 3. The molecule has 0 saturated heterocycles. The van der Waals surface area contributed by atoms with Gasteiger partial charge in [-0.1, -0.05) is 32.0 Å². The van der Waals surface area contributed by atoms with E-state index < -0.39 is 12.4 Å². The number of rotatable bonds is 6. The molecule has 1 unspecified atom stereocenters. The molecular weight excluding hydrogens is 259 g/mol. The average Bonchev–Trinajstić information content (AvgIpc) is 2.29. The molecule has 1 rings (SSSR count). The Labute approximate surface area is 110 Å². The van der Waals surface area contributed by atoms with Gasteiger partial charge in [-0.15, -0.1) is 13.2 Å². The highest BCUT2D eigenvalue weighted by atomic mass is 19.4. The fraction of sp³-hybridized carbons (Fsp3) is 0.538. The molecule has 0 radical (unpaired) electrons. The van der Waals surface area contributed by atoms with Gasteiger partial charge in [0.15, 0.2) is 0 Å². The maximum atomic E-state index is 12.3. The van der Waals surface area contributed by atoms with Crippen molar-refractivity contribution in [1.29, 1.82) is 0 Å². The average molecular weight is 277 g/mol. The zero-order valence-corrected chi connectivity index (χ0v) is 10.9. The van der Waals surface area contributed by atoms with Crippen molar-refractivity contribution < 1.29 is 23.0 Å². The molecule has 6 heteroatoms. The van der Waals surface area contributed by atoms with Crippen molar-refractivity contribution in [3.63, 3.8) is 0 Å². The van der Waals surface area contributed by atoms with Crippen molar-refractivity contribution in [1.82, 2.24) is 5.32 Å². The molecular formula is C13H18F3NO2. The highest BCUT2D eigenvalue weighted by molar-refractivity contribution is 5.36. The molecule has 2 N–H and O–H groups in total. The molecule has 0 aromatic heterocycles. The van der Waals surface area contributed by atoms with Crippen LogP contribution in [-0.2, 0) is 0 Å². The first-order chi connectivity index (χ1) is 8.83. The Morgan fingerprint density at radius 2 is 1.89 bits per heavy atom. The molecule has 0 heterocycles. The predicted octanol–water partition coefficient (Wildman–Crippen LogP) is 2.86. The Morgan fingerprint density at radius 3 is 2.42 bits per heavy atom. The maximum Gasteiger partial charge on any atom is 0.573 e. The van der Waals surface area contributed by atoms with E-state index in [4.69, 9.17) is 0 Å². The Hall–Kier alpha value is -1.27. The van der Waals surface area contributed by atoms with Gasteiger partial charge >= 0.3 is 6.36 Å². The first kappa shape index (κ1) is 15.8. The molecule has 0 aliphatic heterocycles. The van der Waals surface area contributed by atoms with E-state index in [1.165, 1.54) is 18.2 Å². The quantitative estimate of drug-likeness (QED) is 0.840. The summed E-state index contributed by atoms with van der Waals surface area (Å²) >= 11 is 0. The summed E-state index contributed by atoms with van der Waals surface area (Å²) in [6.07, 6.45) is -4.74. The molecule has 0 bridgehead atoms. The second-order valence-corrected chi connectivity index (χ2v) is 4.62. The van der Waals surface area contributed by atoms with Gasteiger partial charge in [0.05, 0.1) is 12.6 Å². The summed E-state index contributed by atoms with van der Waals surface area (Å²) in [5, 5.41) is 12.3. The number of hydrogen-bond donors (Lipinski definition) is 2. The van der Waals surface area contributed by atoms with Crippen molar-refractivity contribution in [2.75, 3.05) is 13.2 Å². The second kappa shape index (κ2) is 6.77. The lowest BCUT2D eigenvalue weighted by molar-refractivity contribution is -0.275. The van der Waals surface area contributed by atoms with E-state index in [1.807, 2.05) is 13.8 Å². The molecule has 3 nitrogen and oxygen atoms in total. The Kier molecular flexibility index (Phi) is 5.62. The van der Waals surface area contributed by atoms with Gasteiger partial charge in [-0.05, 0) is 18.5 Å². The third-order valence-electron chi connectivity index (χ3n) is 2.48. The first-order valence-corrected chi connectivity index (χ1v) is 6.02. The van der Waals surface area contributed by atoms with Crippen LogP contribution in [0.15, 0.2) is 24.3 Å². The largest absolute Gasteiger partial charge is 0.573 e. The van der Waals surface area contributed by atoms with Gasteiger partial charge in [-0.3, -0.25) is 0 Å². The number of aliphatic hydroxyl groups excluding tert-OH is 1. The van der Waals surface area contributed by atoms with E-state index in [9.17, 15) is 18.3 Å². The molecule has 1 atom stereocenters. The summed E-state index contributed by atoms with van der Waals surface area (Å²) in [5.74, 6) is 0.0371. The van der Waals surface area contributed by atoms with Crippen LogP contribution in [0.5, 0.6) is 5.75 Å². The van der Waals surface area contributed by atoms with Crippen molar-refractivity contribution >= 4 is 0 Å². The summed E-state index contributed by atoms with van der Waals surface area (Å²) < 4.78 is 40.9. The van der Waals surface area contributed by atoms with Crippen LogP contribution >= 0.6 is 0 Å². The van der Waals surface area contributed by atoms with Gasteiger partial charge in [-0.25, -0.2) is 0 Å². The zero-order chi connectivity index (χ0) is 14.5. The van der Waals surface area contributed by atoms with Crippen molar-refractivity contribution in [2.45, 2.75) is 26.3 Å². The minimum Gasteiger partial charge on any atom is -0.405 e. The van der Waals surface area contributed by atoms with Crippen LogP contribution in [-0.4, -0.2) is 24.6 Å². The van der Waals surface area contributed by atoms with E-state index in [-0.39, 0.29) is 12.4 Å². The summed E-state index contributed by atoms with van der Waals surface area (Å²) in [5.41, 5.74) is 0.294. The predicted molar refractivity (Wildman–Crippen MR) is 65.8 cm³/mol. The summed E-state index contributed by atoms with van der Waals surface area (Å²) in [7, 11) is 0. The third-order valence-corrected chi connectivity index (χ3v) is 2.48. The minimum absolute atomic E-state index is 0.287. The first-order valence-electron chi connectivity index (χ1n) is 6.02. The summed E-state index contributed by atoms with van der Waals surface area (Å²) in [6.45, 7) is 4.23. The number of nitrogens with one attached hydrogen (secondary N) is 1. The van der Waals surface area contributed by atoms with Crippen LogP contribution in [0.4, 0.5) is 13.2 Å². The SMILES string of the molecule is CC(C)CNC(CO)c1ccccc1OC(F)(F)F.